The van der Waals surface area contributed by atoms with E-state index in [-0.39, 0.29) is 45.4 Å². The van der Waals surface area contributed by atoms with Crippen molar-refractivity contribution in [3.8, 4) is 0 Å². The second-order valence-corrected chi connectivity index (χ2v) is 25.0. The number of benzene rings is 2. The number of ether oxygens (including phenoxy) is 2. The molecule has 4 N–H and O–H groups in total. The molecule has 0 radical (unpaired) electrons. The van der Waals surface area contributed by atoms with E-state index in [2.05, 4.69) is 72.6 Å². The van der Waals surface area contributed by atoms with Gasteiger partial charge < -0.3 is 30.3 Å². The lowest BCUT2D eigenvalue weighted by molar-refractivity contribution is -0.118. The minimum absolute atomic E-state index is 0.176. The lowest BCUT2D eigenvalue weighted by Crippen LogP contribution is -2.30. The fraction of sp³-hybridized carbons (Fsp3) is 0.730. The second kappa shape index (κ2) is 52.4. The molecule has 4 atom stereocenters. The summed E-state index contributed by atoms with van der Waals surface area (Å²) in [6.07, 6.45) is 45.5. The Hall–Kier alpha value is -5.40. The molecule has 0 heterocycles. The van der Waals surface area contributed by atoms with Gasteiger partial charge in [0.05, 0.1) is 24.3 Å². The van der Waals surface area contributed by atoms with Crippen molar-refractivity contribution >= 4 is 35.1 Å². The lowest BCUT2D eigenvalue weighted by atomic mass is 9.78. The number of carbonyl (C=O) groups excluding carboxylic acids is 4. The number of unbranched alkanes of at least 4 members (excludes halogenated alkanes) is 24. The first kappa shape index (κ1) is 78.7. The number of hydrogen-bond acceptors (Lipinski definition) is 12. The minimum atomic E-state index is -0.494. The van der Waals surface area contributed by atoms with Gasteiger partial charge in [0.15, 0.2) is 11.4 Å². The topological polar surface area (TPSA) is 201 Å². The van der Waals surface area contributed by atoms with Crippen molar-refractivity contribution in [2.75, 3.05) is 26.3 Å². The van der Waals surface area contributed by atoms with E-state index < -0.39 is 23.8 Å². The van der Waals surface area contributed by atoms with Gasteiger partial charge in [-0.05, 0) is 87.5 Å². The number of azo groups is 2. The maximum absolute atomic E-state index is 13.3. The zero-order valence-electron chi connectivity index (χ0n) is 56.8. The van der Waals surface area contributed by atoms with Crippen molar-refractivity contribution in [1.29, 1.82) is 0 Å². The Morgan fingerprint density at radius 1 is 0.398 bits per heavy atom. The summed E-state index contributed by atoms with van der Waals surface area (Å²) in [6.45, 7) is 17.6. The summed E-state index contributed by atoms with van der Waals surface area (Å²) in [4.78, 5) is 52.6. The molecule has 498 valence electrons. The molecule has 0 aliphatic carbocycles. The van der Waals surface area contributed by atoms with Crippen molar-refractivity contribution in [3.05, 3.63) is 82.6 Å². The largest absolute Gasteiger partial charge is 0.510 e. The summed E-state index contributed by atoms with van der Waals surface area (Å²) in [5, 5.41) is 43.1. The molecule has 0 spiro atoms. The zero-order chi connectivity index (χ0) is 64.2. The fourth-order valence-corrected chi connectivity index (χ4v) is 11.6. The van der Waals surface area contributed by atoms with Gasteiger partial charge in [0.2, 0.25) is 0 Å². The number of nitrogens with one attached hydrogen (secondary N) is 2. The Bertz CT molecular complexity index is 2130. The van der Waals surface area contributed by atoms with Gasteiger partial charge in [0.1, 0.15) is 22.9 Å². The van der Waals surface area contributed by atoms with E-state index in [0.717, 1.165) is 102 Å². The number of hydrogen-bond donors (Lipinski definition) is 4. The van der Waals surface area contributed by atoms with Crippen LogP contribution in [0.4, 0.5) is 11.4 Å². The molecule has 2 amide bonds. The molecule has 0 aliphatic heterocycles. The maximum Gasteiger partial charge on any atom is 0.340 e. The first-order valence-corrected chi connectivity index (χ1v) is 35.6. The van der Waals surface area contributed by atoms with Crippen molar-refractivity contribution in [1.82, 2.24) is 10.6 Å². The molecule has 2 rings (SSSR count). The number of esters is 2. The van der Waals surface area contributed by atoms with Crippen LogP contribution < -0.4 is 10.6 Å². The normalized spacial score (nSPS) is 13.7. The summed E-state index contributed by atoms with van der Waals surface area (Å²) in [5.41, 5.74) is 0.740. The number of amides is 2. The highest BCUT2D eigenvalue weighted by molar-refractivity contribution is 5.96. The number of rotatable bonds is 55. The number of nitrogens with zero attached hydrogens (tertiary/aromatic N) is 4. The third-order valence-corrected chi connectivity index (χ3v) is 17.5. The van der Waals surface area contributed by atoms with Crippen LogP contribution >= 0.6 is 0 Å². The van der Waals surface area contributed by atoms with Gasteiger partial charge in [-0.25, -0.2) is 9.59 Å². The molecule has 0 aromatic heterocycles. The Morgan fingerprint density at radius 2 is 0.693 bits per heavy atom. The van der Waals surface area contributed by atoms with E-state index in [1.807, 2.05) is 0 Å². The molecule has 14 heteroatoms. The third-order valence-electron chi connectivity index (χ3n) is 17.5. The summed E-state index contributed by atoms with van der Waals surface area (Å²) >= 11 is 0. The predicted molar refractivity (Wildman–Crippen MR) is 363 cm³/mol. The smallest absolute Gasteiger partial charge is 0.340 e. The van der Waals surface area contributed by atoms with E-state index >= 15 is 0 Å². The van der Waals surface area contributed by atoms with Crippen molar-refractivity contribution in [2.45, 2.75) is 299 Å². The molecule has 0 aliphatic rings. The molecule has 0 saturated carbocycles. The maximum atomic E-state index is 13.3. The SMILES string of the molecule is CCCCCCCCCC(CCCCCCCCOC(=O)c1ccccc1N=NC(C(=O)NCC(CC)CCCC)=C(C)O)C(CCCCCCCCC)CCCCCCCCOC(=O)c1ccccc1N=NC(C(=O)NCC(CC)CCCC)=C(C)O. The quantitative estimate of drug-likeness (QED) is 0.0165. The second-order valence-electron chi connectivity index (χ2n) is 25.0. The molecule has 0 saturated heterocycles. The van der Waals surface area contributed by atoms with Crippen LogP contribution in [0.1, 0.15) is 320 Å². The number of allylic oxidation sites excluding steroid dienone is 2. The predicted octanol–water partition coefficient (Wildman–Crippen LogP) is 22.1. The van der Waals surface area contributed by atoms with Crippen molar-refractivity contribution < 1.29 is 38.9 Å². The van der Waals surface area contributed by atoms with Crippen molar-refractivity contribution in [3.63, 3.8) is 0 Å². The summed E-state index contributed by atoms with van der Waals surface area (Å²) < 4.78 is 11.4. The average molecular weight is 1230 g/mol. The molecule has 0 fully saturated rings. The van der Waals surface area contributed by atoms with Crippen LogP contribution in [0.25, 0.3) is 0 Å². The number of carbonyl (C=O) groups is 4. The van der Waals surface area contributed by atoms with Gasteiger partial charge in [-0.3, -0.25) is 9.59 Å². The van der Waals surface area contributed by atoms with E-state index in [1.165, 1.54) is 168 Å². The number of aliphatic hydroxyl groups excluding tert-OH is 2. The standard InChI is InChI=1S/C74H124N6O8/c1-9-15-19-21-23-29-35-47-63(49-37-31-25-27-33-43-55-87-73(85)65-51-39-41-53-67(65)77-79-69(59(7)81)71(83)75-57-61(13-5)45-17-11-3)64(48-36-30-24-22-20-16-10-2)50-38-32-26-28-34-44-56-88-74(86)66-52-40-42-54-68(66)78-80-70(60(8)82)72(84)76-58-62(14-6)46-18-12-4/h39-42,51-54,61-64,81-82H,9-38,43-50,55-58H2,1-8H3,(H,75,83)(H,76,84). The van der Waals surface area contributed by atoms with E-state index in [4.69, 9.17) is 9.47 Å². The molecule has 0 bridgehead atoms. The Morgan fingerprint density at radius 3 is 1.00 bits per heavy atom. The van der Waals surface area contributed by atoms with Crippen LogP contribution in [0.2, 0.25) is 0 Å². The van der Waals surface area contributed by atoms with Gasteiger partial charge in [-0.2, -0.15) is 0 Å². The Balaban J connectivity index is 1.93. The van der Waals surface area contributed by atoms with Gasteiger partial charge >= 0.3 is 11.9 Å². The van der Waals surface area contributed by atoms with Crippen LogP contribution in [0.15, 0.2) is 91.9 Å². The Kier molecular flexibility index (Phi) is 46.8. The van der Waals surface area contributed by atoms with Crippen LogP contribution in [-0.2, 0) is 19.1 Å². The first-order chi connectivity index (χ1) is 42.8. The molecule has 2 aromatic rings. The third kappa shape index (κ3) is 36.3. The van der Waals surface area contributed by atoms with Crippen LogP contribution in [0, 0.1) is 23.7 Å². The van der Waals surface area contributed by atoms with Crippen LogP contribution in [-0.4, -0.2) is 60.3 Å². The highest BCUT2D eigenvalue weighted by Crippen LogP contribution is 2.34. The summed E-state index contributed by atoms with van der Waals surface area (Å²) in [7, 11) is 0. The van der Waals surface area contributed by atoms with Crippen LogP contribution in [0.5, 0.6) is 0 Å². The number of aliphatic hydroxyl groups is 2. The monoisotopic (exact) mass is 1220 g/mol. The molecule has 2 aromatic carbocycles. The van der Waals surface area contributed by atoms with Crippen LogP contribution in [0.3, 0.4) is 0 Å². The van der Waals surface area contributed by atoms with Gasteiger partial charge in [0.25, 0.3) is 11.8 Å². The molecule has 14 nitrogen and oxygen atoms in total. The van der Waals surface area contributed by atoms with E-state index in [0.29, 0.717) is 38.1 Å². The van der Waals surface area contributed by atoms with Gasteiger partial charge in [0, 0.05) is 13.1 Å². The highest BCUT2D eigenvalue weighted by Gasteiger charge is 2.23. The molecule has 88 heavy (non-hydrogen) atoms. The fourth-order valence-electron chi connectivity index (χ4n) is 11.6. The lowest BCUT2D eigenvalue weighted by Gasteiger charge is -2.28. The van der Waals surface area contributed by atoms with Gasteiger partial charge in [-0.15, -0.1) is 20.5 Å². The minimum Gasteiger partial charge on any atom is -0.510 e. The van der Waals surface area contributed by atoms with E-state index in [1.54, 1.807) is 48.5 Å². The first-order valence-electron chi connectivity index (χ1n) is 35.6. The summed E-state index contributed by atoms with van der Waals surface area (Å²) in [5.74, 6) is -0.187. The molecular weight excluding hydrogens is 1100 g/mol. The average Bonchev–Trinajstić information content (AvgIpc) is 3.73. The molecular formula is C74H124N6O8. The van der Waals surface area contributed by atoms with Crippen molar-refractivity contribution in [2.24, 2.45) is 44.1 Å². The highest BCUT2D eigenvalue weighted by atomic mass is 16.5. The van der Waals surface area contributed by atoms with Gasteiger partial charge in [-0.1, -0.05) is 284 Å². The summed E-state index contributed by atoms with van der Waals surface area (Å²) in [6, 6.07) is 13.6. The zero-order valence-corrected chi connectivity index (χ0v) is 56.8. The Labute approximate surface area is 534 Å². The van der Waals surface area contributed by atoms with E-state index in [9.17, 15) is 29.4 Å². The molecule has 4 unspecified atom stereocenters.